The Bertz CT molecular complexity index is 1000. The van der Waals surface area contributed by atoms with Crippen LogP contribution in [0, 0.1) is 11.6 Å². The number of carbonyl (C=O) groups is 1. The smallest absolute Gasteiger partial charge is 0.274 e. The van der Waals surface area contributed by atoms with Gasteiger partial charge < -0.3 is 10.2 Å². The van der Waals surface area contributed by atoms with Crippen LogP contribution in [0.4, 0.5) is 25.8 Å². The number of benzene rings is 2. The van der Waals surface area contributed by atoms with Crippen molar-refractivity contribution in [3.8, 4) is 0 Å². The van der Waals surface area contributed by atoms with Crippen LogP contribution in [0.25, 0.3) is 0 Å². The minimum absolute atomic E-state index is 0.0885. The van der Waals surface area contributed by atoms with Crippen LogP contribution < -0.4 is 10.2 Å². The van der Waals surface area contributed by atoms with Gasteiger partial charge in [0.25, 0.3) is 5.91 Å². The standard InChI is InChI=1S/C21H17F2N3O/c1-13-10-14-4-2-3-5-20(14)26(13)16-7-9-19(24-12-16)21(27)25-18-8-6-15(22)11-17(18)23/h2-9,11-13H,10H2,1H3,(H,25,27). The number of anilines is 3. The van der Waals surface area contributed by atoms with Crippen LogP contribution in [0.15, 0.2) is 60.8 Å². The lowest BCUT2D eigenvalue weighted by atomic mass is 10.1. The molecule has 0 fully saturated rings. The number of hydrogen-bond acceptors (Lipinski definition) is 3. The molecule has 6 heteroatoms. The van der Waals surface area contributed by atoms with E-state index in [-0.39, 0.29) is 17.4 Å². The van der Waals surface area contributed by atoms with Crippen molar-refractivity contribution in [2.75, 3.05) is 10.2 Å². The molecule has 1 aliphatic rings. The van der Waals surface area contributed by atoms with Crippen LogP contribution in [0.5, 0.6) is 0 Å². The average molecular weight is 365 g/mol. The number of para-hydroxylation sites is 1. The fraction of sp³-hybridized carbons (Fsp3) is 0.143. The molecule has 1 aromatic heterocycles. The molecule has 1 aliphatic heterocycles. The van der Waals surface area contributed by atoms with Crippen LogP contribution in [-0.4, -0.2) is 16.9 Å². The van der Waals surface area contributed by atoms with E-state index in [4.69, 9.17) is 0 Å². The summed E-state index contributed by atoms with van der Waals surface area (Å²) >= 11 is 0. The summed E-state index contributed by atoms with van der Waals surface area (Å²) in [4.78, 5) is 18.7. The van der Waals surface area contributed by atoms with Gasteiger partial charge in [-0.1, -0.05) is 18.2 Å². The van der Waals surface area contributed by atoms with E-state index < -0.39 is 17.5 Å². The van der Waals surface area contributed by atoms with Crippen molar-refractivity contribution in [1.82, 2.24) is 4.98 Å². The van der Waals surface area contributed by atoms with E-state index in [9.17, 15) is 13.6 Å². The molecule has 27 heavy (non-hydrogen) atoms. The minimum Gasteiger partial charge on any atom is -0.337 e. The van der Waals surface area contributed by atoms with Gasteiger partial charge in [0.05, 0.1) is 17.6 Å². The molecule has 2 heterocycles. The number of hydrogen-bond donors (Lipinski definition) is 1. The van der Waals surface area contributed by atoms with Gasteiger partial charge in [0.15, 0.2) is 0 Å². The van der Waals surface area contributed by atoms with Gasteiger partial charge in [-0.25, -0.2) is 13.8 Å². The summed E-state index contributed by atoms with van der Waals surface area (Å²) in [5, 5.41) is 2.41. The summed E-state index contributed by atoms with van der Waals surface area (Å²) in [7, 11) is 0. The third kappa shape index (κ3) is 3.26. The Morgan fingerprint density at radius 3 is 2.70 bits per heavy atom. The predicted octanol–water partition coefficient (Wildman–Crippen LogP) is 4.69. The first-order valence-corrected chi connectivity index (χ1v) is 8.62. The summed E-state index contributed by atoms with van der Waals surface area (Å²) in [6, 6.07) is 14.9. The maximum Gasteiger partial charge on any atom is 0.274 e. The van der Waals surface area contributed by atoms with E-state index in [0.717, 1.165) is 29.9 Å². The average Bonchev–Trinajstić information content (AvgIpc) is 3.00. The third-order valence-electron chi connectivity index (χ3n) is 4.65. The first-order valence-electron chi connectivity index (χ1n) is 8.62. The molecule has 136 valence electrons. The van der Waals surface area contributed by atoms with Gasteiger partial charge in [-0.15, -0.1) is 0 Å². The highest BCUT2D eigenvalue weighted by Gasteiger charge is 2.27. The fourth-order valence-corrected chi connectivity index (χ4v) is 3.40. The van der Waals surface area contributed by atoms with Crippen molar-refractivity contribution in [3.05, 3.63) is 83.7 Å². The fourth-order valence-electron chi connectivity index (χ4n) is 3.40. The molecule has 0 saturated heterocycles. The van der Waals surface area contributed by atoms with E-state index >= 15 is 0 Å². The topological polar surface area (TPSA) is 45.2 Å². The van der Waals surface area contributed by atoms with Gasteiger partial charge in [0.1, 0.15) is 17.3 Å². The zero-order chi connectivity index (χ0) is 19.0. The Morgan fingerprint density at radius 2 is 1.96 bits per heavy atom. The molecule has 0 saturated carbocycles. The van der Waals surface area contributed by atoms with Crippen molar-refractivity contribution in [2.24, 2.45) is 0 Å². The number of amides is 1. The highest BCUT2D eigenvalue weighted by molar-refractivity contribution is 6.03. The first kappa shape index (κ1) is 17.1. The van der Waals surface area contributed by atoms with Gasteiger partial charge in [-0.3, -0.25) is 4.79 Å². The molecular weight excluding hydrogens is 348 g/mol. The maximum absolute atomic E-state index is 13.7. The number of carbonyl (C=O) groups excluding carboxylic acids is 1. The molecule has 1 unspecified atom stereocenters. The van der Waals surface area contributed by atoms with E-state index in [1.165, 1.54) is 11.6 Å². The second-order valence-corrected chi connectivity index (χ2v) is 6.53. The molecule has 0 aliphatic carbocycles. The number of aromatic nitrogens is 1. The van der Waals surface area contributed by atoms with E-state index in [2.05, 4.69) is 34.3 Å². The largest absolute Gasteiger partial charge is 0.337 e. The quantitative estimate of drug-likeness (QED) is 0.732. The monoisotopic (exact) mass is 365 g/mol. The molecule has 3 aromatic rings. The zero-order valence-electron chi connectivity index (χ0n) is 14.6. The summed E-state index contributed by atoms with van der Waals surface area (Å²) < 4.78 is 26.7. The molecule has 0 spiro atoms. The number of rotatable bonds is 3. The maximum atomic E-state index is 13.7. The van der Waals surface area contributed by atoms with Crippen molar-refractivity contribution >= 4 is 23.0 Å². The number of fused-ring (bicyclic) bond motifs is 1. The first-order chi connectivity index (χ1) is 13.0. The van der Waals surface area contributed by atoms with Crippen LogP contribution in [0.3, 0.4) is 0 Å². The Balaban J connectivity index is 1.55. The van der Waals surface area contributed by atoms with E-state index in [1.807, 2.05) is 18.2 Å². The number of pyridine rings is 1. The SMILES string of the molecule is CC1Cc2ccccc2N1c1ccc(C(=O)Nc2ccc(F)cc2F)nc1. The van der Waals surface area contributed by atoms with Gasteiger partial charge in [0, 0.05) is 17.8 Å². The molecular formula is C21H17F2N3O. The molecule has 1 atom stereocenters. The molecule has 4 nitrogen and oxygen atoms in total. The lowest BCUT2D eigenvalue weighted by molar-refractivity contribution is 0.102. The van der Waals surface area contributed by atoms with Gasteiger partial charge in [-0.2, -0.15) is 0 Å². The Labute approximate surface area is 155 Å². The summed E-state index contributed by atoms with van der Waals surface area (Å²) in [5.74, 6) is -2.09. The highest BCUT2D eigenvalue weighted by atomic mass is 19.1. The Morgan fingerprint density at radius 1 is 1.15 bits per heavy atom. The molecule has 0 bridgehead atoms. The number of halogens is 2. The lowest BCUT2D eigenvalue weighted by Crippen LogP contribution is -2.24. The third-order valence-corrected chi connectivity index (χ3v) is 4.65. The summed E-state index contributed by atoms with van der Waals surface area (Å²) in [5.41, 5.74) is 3.37. The second kappa shape index (κ2) is 6.79. The zero-order valence-corrected chi connectivity index (χ0v) is 14.6. The van der Waals surface area contributed by atoms with Crippen LogP contribution >= 0.6 is 0 Å². The van der Waals surface area contributed by atoms with Crippen LogP contribution in [0.2, 0.25) is 0 Å². The van der Waals surface area contributed by atoms with Crippen molar-refractivity contribution in [2.45, 2.75) is 19.4 Å². The van der Waals surface area contributed by atoms with Gasteiger partial charge in [0.2, 0.25) is 0 Å². The molecule has 1 amide bonds. The molecule has 2 aromatic carbocycles. The Hall–Kier alpha value is -3.28. The van der Waals surface area contributed by atoms with Crippen LogP contribution in [0.1, 0.15) is 23.0 Å². The number of nitrogens with zero attached hydrogens (tertiary/aromatic N) is 2. The lowest BCUT2D eigenvalue weighted by Gasteiger charge is -2.24. The minimum atomic E-state index is -0.831. The Kier molecular flexibility index (Phi) is 4.32. The number of nitrogens with one attached hydrogen (secondary N) is 1. The molecule has 4 rings (SSSR count). The highest BCUT2D eigenvalue weighted by Crippen LogP contribution is 2.37. The van der Waals surface area contributed by atoms with Crippen molar-refractivity contribution < 1.29 is 13.6 Å². The van der Waals surface area contributed by atoms with Gasteiger partial charge in [-0.05, 0) is 49.2 Å². The van der Waals surface area contributed by atoms with E-state index in [1.54, 1.807) is 12.3 Å². The molecule has 1 N–H and O–H groups in total. The predicted molar refractivity (Wildman–Crippen MR) is 100 cm³/mol. The van der Waals surface area contributed by atoms with Crippen LogP contribution in [-0.2, 0) is 6.42 Å². The second-order valence-electron chi connectivity index (χ2n) is 6.53. The van der Waals surface area contributed by atoms with Crippen molar-refractivity contribution in [3.63, 3.8) is 0 Å². The normalized spacial score (nSPS) is 15.5. The van der Waals surface area contributed by atoms with E-state index in [0.29, 0.717) is 0 Å². The van der Waals surface area contributed by atoms with Gasteiger partial charge >= 0.3 is 0 Å². The molecule has 0 radical (unpaired) electrons. The summed E-state index contributed by atoms with van der Waals surface area (Å²) in [6.07, 6.45) is 2.58. The van der Waals surface area contributed by atoms with Crippen molar-refractivity contribution in [1.29, 1.82) is 0 Å². The summed E-state index contributed by atoms with van der Waals surface area (Å²) in [6.45, 7) is 2.14.